The van der Waals surface area contributed by atoms with Crippen molar-refractivity contribution in [2.75, 3.05) is 12.8 Å². The van der Waals surface area contributed by atoms with Crippen LogP contribution in [-0.2, 0) is 13.1 Å². The quantitative estimate of drug-likeness (QED) is 0.709. The minimum Gasteiger partial charge on any atom is -0.295 e. The fraction of sp³-hybridized carbons (Fsp3) is 0.353. The summed E-state index contributed by atoms with van der Waals surface area (Å²) < 4.78 is 0. The van der Waals surface area contributed by atoms with Crippen molar-refractivity contribution in [3.05, 3.63) is 59.9 Å². The van der Waals surface area contributed by atoms with Crippen LogP contribution in [0.15, 0.2) is 53.7 Å². The topological polar surface area (TPSA) is 16.1 Å². The maximum Gasteiger partial charge on any atom is 0.0312 e. The Labute approximate surface area is 126 Å². The third-order valence-electron chi connectivity index (χ3n) is 3.23. The van der Waals surface area contributed by atoms with Gasteiger partial charge in [-0.3, -0.25) is 9.88 Å². The Balaban J connectivity index is 2.00. The average molecular weight is 286 g/mol. The summed E-state index contributed by atoms with van der Waals surface area (Å²) in [5, 5.41) is 0. The predicted octanol–water partition coefficient (Wildman–Crippen LogP) is 4.22. The minimum absolute atomic E-state index is 0.964. The van der Waals surface area contributed by atoms with Crippen molar-refractivity contribution in [2.24, 2.45) is 0 Å². The molecule has 0 N–H and O–H groups in total. The molecule has 1 heterocycles. The zero-order valence-corrected chi connectivity index (χ0v) is 13.1. The lowest BCUT2D eigenvalue weighted by Gasteiger charge is -2.21. The molecule has 1 aromatic carbocycles. The van der Waals surface area contributed by atoms with E-state index in [1.807, 2.05) is 18.5 Å². The summed E-state index contributed by atoms with van der Waals surface area (Å²) in [6.07, 6.45) is 7.07. The first-order chi connectivity index (χ1) is 9.81. The smallest absolute Gasteiger partial charge is 0.0312 e. The summed E-state index contributed by atoms with van der Waals surface area (Å²) in [5.41, 5.74) is 2.65. The highest BCUT2D eigenvalue weighted by molar-refractivity contribution is 7.98. The number of thioether (sulfide) groups is 1. The average Bonchev–Trinajstić information content (AvgIpc) is 2.49. The third-order valence-corrected chi connectivity index (χ3v) is 3.98. The highest BCUT2D eigenvalue weighted by Crippen LogP contribution is 2.16. The maximum absolute atomic E-state index is 4.20. The highest BCUT2D eigenvalue weighted by atomic mass is 32.2. The number of rotatable bonds is 7. The Morgan fingerprint density at radius 1 is 1.05 bits per heavy atom. The van der Waals surface area contributed by atoms with E-state index in [-0.39, 0.29) is 0 Å². The van der Waals surface area contributed by atoms with E-state index >= 15 is 0 Å². The molecule has 0 fully saturated rings. The van der Waals surface area contributed by atoms with Crippen LogP contribution in [0.5, 0.6) is 0 Å². The second kappa shape index (κ2) is 8.08. The second-order valence-corrected chi connectivity index (χ2v) is 5.80. The maximum atomic E-state index is 4.20. The fourth-order valence-corrected chi connectivity index (χ4v) is 2.68. The van der Waals surface area contributed by atoms with Crippen LogP contribution in [0.2, 0.25) is 0 Å². The molecule has 0 aliphatic heterocycles. The Kier molecular flexibility index (Phi) is 6.09. The van der Waals surface area contributed by atoms with Gasteiger partial charge < -0.3 is 0 Å². The van der Waals surface area contributed by atoms with Crippen LogP contribution in [0.1, 0.15) is 24.5 Å². The lowest BCUT2D eigenvalue weighted by Crippen LogP contribution is -2.23. The van der Waals surface area contributed by atoms with Gasteiger partial charge in [0.25, 0.3) is 0 Å². The molecule has 1 aromatic heterocycles. The molecule has 0 spiro atoms. The van der Waals surface area contributed by atoms with E-state index < -0.39 is 0 Å². The van der Waals surface area contributed by atoms with E-state index in [1.54, 1.807) is 11.8 Å². The lowest BCUT2D eigenvalue weighted by molar-refractivity contribution is 0.257. The number of hydrogen-bond donors (Lipinski definition) is 0. The molecule has 0 amide bonds. The summed E-state index contributed by atoms with van der Waals surface area (Å²) in [6.45, 7) is 5.30. The molecule has 106 valence electrons. The van der Waals surface area contributed by atoms with Crippen LogP contribution in [0, 0.1) is 0 Å². The van der Waals surface area contributed by atoms with E-state index in [1.165, 1.54) is 22.4 Å². The van der Waals surface area contributed by atoms with Crippen molar-refractivity contribution in [3.8, 4) is 0 Å². The van der Waals surface area contributed by atoms with Gasteiger partial charge in [0.15, 0.2) is 0 Å². The van der Waals surface area contributed by atoms with Gasteiger partial charge in [0.1, 0.15) is 0 Å². The van der Waals surface area contributed by atoms with Crippen LogP contribution in [0.4, 0.5) is 0 Å². The number of aromatic nitrogens is 1. The van der Waals surface area contributed by atoms with Gasteiger partial charge in [-0.05, 0) is 48.5 Å². The molecular formula is C17H22N2S. The first-order valence-corrected chi connectivity index (χ1v) is 8.28. The number of nitrogens with zero attached hydrogens (tertiary/aromatic N) is 2. The first-order valence-electron chi connectivity index (χ1n) is 7.06. The molecule has 0 bridgehead atoms. The van der Waals surface area contributed by atoms with Gasteiger partial charge in [-0.2, -0.15) is 0 Å². The molecule has 0 aliphatic carbocycles. The van der Waals surface area contributed by atoms with Crippen LogP contribution < -0.4 is 0 Å². The molecule has 3 heteroatoms. The SMILES string of the molecule is CCCN(Cc1ccc(SC)cc1)Cc1cccnc1. The Bertz CT molecular complexity index is 496. The van der Waals surface area contributed by atoms with Crippen LogP contribution in [0.3, 0.4) is 0 Å². The molecule has 0 unspecified atom stereocenters. The van der Waals surface area contributed by atoms with Gasteiger partial charge in [0.2, 0.25) is 0 Å². The molecule has 0 saturated carbocycles. The van der Waals surface area contributed by atoms with Gasteiger partial charge in [-0.25, -0.2) is 0 Å². The monoisotopic (exact) mass is 286 g/mol. The van der Waals surface area contributed by atoms with Crippen molar-refractivity contribution >= 4 is 11.8 Å². The second-order valence-electron chi connectivity index (χ2n) is 4.92. The van der Waals surface area contributed by atoms with E-state index in [4.69, 9.17) is 0 Å². The van der Waals surface area contributed by atoms with Crippen molar-refractivity contribution in [1.82, 2.24) is 9.88 Å². The Morgan fingerprint density at radius 2 is 1.80 bits per heavy atom. The van der Waals surface area contributed by atoms with Crippen molar-refractivity contribution in [1.29, 1.82) is 0 Å². The molecule has 20 heavy (non-hydrogen) atoms. The highest BCUT2D eigenvalue weighted by Gasteiger charge is 2.06. The van der Waals surface area contributed by atoms with Crippen LogP contribution in [0.25, 0.3) is 0 Å². The molecule has 2 nitrogen and oxygen atoms in total. The van der Waals surface area contributed by atoms with Gasteiger partial charge in [0.05, 0.1) is 0 Å². The summed E-state index contributed by atoms with van der Waals surface area (Å²) >= 11 is 1.79. The zero-order valence-electron chi connectivity index (χ0n) is 12.2. The molecule has 2 rings (SSSR count). The van der Waals surface area contributed by atoms with Crippen molar-refractivity contribution in [3.63, 3.8) is 0 Å². The van der Waals surface area contributed by atoms with Crippen molar-refractivity contribution in [2.45, 2.75) is 31.3 Å². The number of benzene rings is 1. The molecule has 0 atom stereocenters. The molecule has 0 aliphatic rings. The van der Waals surface area contributed by atoms with Gasteiger partial charge in [-0.15, -0.1) is 11.8 Å². The van der Waals surface area contributed by atoms with E-state index in [2.05, 4.69) is 53.4 Å². The first kappa shape index (κ1) is 15.1. The summed E-state index contributed by atoms with van der Waals surface area (Å²) in [4.78, 5) is 8.00. The molecule has 0 saturated heterocycles. The van der Waals surface area contributed by atoms with E-state index in [0.717, 1.165) is 19.6 Å². The normalized spacial score (nSPS) is 10.9. The van der Waals surface area contributed by atoms with Crippen LogP contribution >= 0.6 is 11.8 Å². The van der Waals surface area contributed by atoms with Crippen molar-refractivity contribution < 1.29 is 0 Å². The van der Waals surface area contributed by atoms with Crippen LogP contribution in [-0.4, -0.2) is 22.7 Å². The predicted molar refractivity (Wildman–Crippen MR) is 86.9 cm³/mol. The fourth-order valence-electron chi connectivity index (χ4n) is 2.27. The zero-order chi connectivity index (χ0) is 14.2. The molecule has 0 radical (unpaired) electrons. The van der Waals surface area contributed by atoms with Gasteiger partial charge >= 0.3 is 0 Å². The van der Waals surface area contributed by atoms with E-state index in [0.29, 0.717) is 0 Å². The summed E-state index contributed by atoms with van der Waals surface area (Å²) in [6, 6.07) is 13.0. The largest absolute Gasteiger partial charge is 0.295 e. The van der Waals surface area contributed by atoms with Gasteiger partial charge in [0, 0.05) is 30.4 Å². The molecule has 2 aromatic rings. The summed E-state index contributed by atoms with van der Waals surface area (Å²) in [7, 11) is 0. The van der Waals surface area contributed by atoms with E-state index in [9.17, 15) is 0 Å². The number of hydrogen-bond acceptors (Lipinski definition) is 3. The summed E-state index contributed by atoms with van der Waals surface area (Å²) in [5.74, 6) is 0. The lowest BCUT2D eigenvalue weighted by atomic mass is 10.2. The third kappa shape index (κ3) is 4.66. The number of pyridine rings is 1. The van der Waals surface area contributed by atoms with Gasteiger partial charge in [-0.1, -0.05) is 25.1 Å². The molecular weight excluding hydrogens is 264 g/mol. The minimum atomic E-state index is 0.964. The Hall–Kier alpha value is -1.32. The standard InChI is InChI=1S/C17H22N2S/c1-3-11-19(14-16-5-4-10-18-12-16)13-15-6-8-17(20-2)9-7-15/h4-10,12H,3,11,13-14H2,1-2H3. The Morgan fingerprint density at radius 3 is 2.40 bits per heavy atom.